The third-order valence-corrected chi connectivity index (χ3v) is 7.78. The van der Waals surface area contributed by atoms with Crippen LogP contribution in [0.3, 0.4) is 0 Å². The van der Waals surface area contributed by atoms with E-state index in [0.29, 0.717) is 35.3 Å². The van der Waals surface area contributed by atoms with E-state index in [1.807, 2.05) is 63.6 Å². The summed E-state index contributed by atoms with van der Waals surface area (Å²) in [6.45, 7) is 5.35. The molecule has 0 aliphatic rings. The molecule has 2 heterocycles. The summed E-state index contributed by atoms with van der Waals surface area (Å²) in [5.41, 5.74) is 4.60. The van der Waals surface area contributed by atoms with Crippen LogP contribution < -0.4 is 19.3 Å². The molecule has 0 fully saturated rings. The van der Waals surface area contributed by atoms with Crippen molar-refractivity contribution < 1.29 is 13.2 Å². The van der Waals surface area contributed by atoms with Crippen molar-refractivity contribution in [2.24, 2.45) is 7.05 Å². The van der Waals surface area contributed by atoms with E-state index in [1.54, 1.807) is 25.4 Å². The number of anilines is 4. The molecular formula is C29H37N7O3S. The number of aryl methyl sites for hydroxylation is 1. The number of sulfonamides is 1. The van der Waals surface area contributed by atoms with Crippen molar-refractivity contribution in [3.8, 4) is 17.0 Å². The van der Waals surface area contributed by atoms with Gasteiger partial charge in [-0.1, -0.05) is 24.3 Å². The lowest BCUT2D eigenvalue weighted by atomic mass is 10.1. The molecule has 10 nitrogen and oxygen atoms in total. The van der Waals surface area contributed by atoms with Gasteiger partial charge in [0.1, 0.15) is 5.75 Å². The summed E-state index contributed by atoms with van der Waals surface area (Å²) in [5, 5.41) is 4.36. The van der Waals surface area contributed by atoms with Gasteiger partial charge < -0.3 is 24.4 Å². The fourth-order valence-electron chi connectivity index (χ4n) is 4.57. The Morgan fingerprint density at radius 2 is 1.85 bits per heavy atom. The van der Waals surface area contributed by atoms with Crippen molar-refractivity contribution in [2.45, 2.75) is 0 Å². The van der Waals surface area contributed by atoms with Gasteiger partial charge in [0.25, 0.3) is 0 Å². The van der Waals surface area contributed by atoms with E-state index in [2.05, 4.69) is 38.5 Å². The minimum atomic E-state index is -3.61. The minimum absolute atomic E-state index is 0.117. The van der Waals surface area contributed by atoms with E-state index < -0.39 is 10.0 Å². The zero-order valence-corrected chi connectivity index (χ0v) is 24.7. The Kier molecular flexibility index (Phi) is 8.65. The van der Waals surface area contributed by atoms with Crippen LogP contribution in [0.2, 0.25) is 0 Å². The normalized spacial score (nSPS) is 11.6. The van der Waals surface area contributed by atoms with Crippen LogP contribution in [-0.4, -0.2) is 82.0 Å². The van der Waals surface area contributed by atoms with Crippen LogP contribution in [-0.2, 0) is 17.1 Å². The highest BCUT2D eigenvalue weighted by molar-refractivity contribution is 7.92. The molecule has 40 heavy (non-hydrogen) atoms. The Morgan fingerprint density at radius 3 is 2.52 bits per heavy atom. The van der Waals surface area contributed by atoms with Crippen LogP contribution in [0.25, 0.3) is 22.2 Å². The maximum atomic E-state index is 12.9. The number of benzene rings is 2. The zero-order chi connectivity index (χ0) is 29.0. The Bertz CT molecular complexity index is 1620. The van der Waals surface area contributed by atoms with Gasteiger partial charge in [0.2, 0.25) is 16.0 Å². The van der Waals surface area contributed by atoms with Gasteiger partial charge >= 0.3 is 0 Å². The number of hydrogen-bond donors (Lipinski definition) is 1. The summed E-state index contributed by atoms with van der Waals surface area (Å²) in [4.78, 5) is 13.3. The number of ether oxygens (including phenoxy) is 1. The molecular weight excluding hydrogens is 526 g/mol. The molecule has 0 aliphatic carbocycles. The molecule has 0 spiro atoms. The number of fused-ring (bicyclic) bond motifs is 1. The molecule has 0 radical (unpaired) electrons. The lowest BCUT2D eigenvalue weighted by molar-refractivity contribution is 0.413. The van der Waals surface area contributed by atoms with Gasteiger partial charge in [0.05, 0.1) is 42.7 Å². The molecule has 0 unspecified atom stereocenters. The quantitative estimate of drug-likeness (QED) is 0.255. The van der Waals surface area contributed by atoms with E-state index in [4.69, 9.17) is 9.72 Å². The number of methoxy groups -OCH3 is 1. The first-order chi connectivity index (χ1) is 19.0. The molecule has 0 saturated carbocycles. The molecule has 0 bridgehead atoms. The molecule has 4 rings (SSSR count). The number of hydrogen-bond acceptors (Lipinski definition) is 8. The number of nitrogens with one attached hydrogen (secondary N) is 1. The Labute approximate surface area is 236 Å². The maximum Gasteiger partial charge on any atom is 0.232 e. The first-order valence-corrected chi connectivity index (χ1v) is 14.7. The highest BCUT2D eigenvalue weighted by Crippen LogP contribution is 2.40. The highest BCUT2D eigenvalue weighted by atomic mass is 32.2. The number of likely N-dealkylation sites (N-methyl/N-ethyl adjacent to an activating group) is 2. The second kappa shape index (κ2) is 12.0. The van der Waals surface area contributed by atoms with Crippen molar-refractivity contribution in [3.05, 3.63) is 67.5 Å². The second-order valence-corrected chi connectivity index (χ2v) is 11.8. The Hall–Kier alpha value is -4.09. The summed E-state index contributed by atoms with van der Waals surface area (Å²) in [7, 11) is 5.89. The largest absolute Gasteiger partial charge is 0.494 e. The molecule has 212 valence electrons. The van der Waals surface area contributed by atoms with Crippen molar-refractivity contribution in [1.82, 2.24) is 19.4 Å². The smallest absolute Gasteiger partial charge is 0.232 e. The van der Waals surface area contributed by atoms with E-state index in [0.717, 1.165) is 28.7 Å². The van der Waals surface area contributed by atoms with Crippen LogP contribution >= 0.6 is 0 Å². The Morgan fingerprint density at radius 1 is 1.10 bits per heavy atom. The van der Waals surface area contributed by atoms with E-state index >= 15 is 0 Å². The molecule has 0 aliphatic heterocycles. The van der Waals surface area contributed by atoms with E-state index in [-0.39, 0.29) is 6.54 Å². The van der Waals surface area contributed by atoms with Crippen LogP contribution in [0.15, 0.2) is 67.5 Å². The SMILES string of the molecule is C=CCN(c1cc(Nc2nccc(-c3cn(C)c4ccccc34)n2)c(OC)cc1N(C)CCN(C)C)S(C)(=O)=O. The Balaban J connectivity index is 1.80. The van der Waals surface area contributed by atoms with Crippen molar-refractivity contribution >= 4 is 43.9 Å². The van der Waals surface area contributed by atoms with Gasteiger partial charge in [-0.2, -0.15) is 0 Å². The lowest BCUT2D eigenvalue weighted by Crippen LogP contribution is -2.34. The first-order valence-electron chi connectivity index (χ1n) is 12.8. The van der Waals surface area contributed by atoms with Crippen LogP contribution in [0.4, 0.5) is 23.0 Å². The third kappa shape index (κ3) is 6.21. The van der Waals surface area contributed by atoms with Gasteiger partial charge in [-0.25, -0.2) is 18.4 Å². The van der Waals surface area contributed by atoms with E-state index in [1.165, 1.54) is 10.6 Å². The molecule has 11 heteroatoms. The fraction of sp³-hybridized carbons (Fsp3) is 0.310. The van der Waals surface area contributed by atoms with Gasteiger partial charge in [-0.3, -0.25) is 4.31 Å². The lowest BCUT2D eigenvalue weighted by Gasteiger charge is -2.30. The zero-order valence-electron chi connectivity index (χ0n) is 23.9. The van der Waals surface area contributed by atoms with Crippen LogP contribution in [0.5, 0.6) is 5.75 Å². The summed E-state index contributed by atoms with van der Waals surface area (Å²) in [6, 6.07) is 13.6. The summed E-state index contributed by atoms with van der Waals surface area (Å²) in [6.07, 6.45) is 6.50. The fourth-order valence-corrected chi connectivity index (χ4v) is 5.44. The molecule has 2 aromatic carbocycles. The monoisotopic (exact) mass is 563 g/mol. The molecule has 2 aromatic heterocycles. The van der Waals surface area contributed by atoms with Gasteiger partial charge in [0.15, 0.2) is 0 Å². The number of para-hydroxylation sites is 1. The minimum Gasteiger partial charge on any atom is -0.494 e. The van der Waals surface area contributed by atoms with Gasteiger partial charge in [0, 0.05) is 62.1 Å². The summed E-state index contributed by atoms with van der Waals surface area (Å²) in [5.74, 6) is 0.889. The average Bonchev–Trinajstić information content (AvgIpc) is 3.26. The number of aromatic nitrogens is 3. The topological polar surface area (TPSA) is 95.8 Å². The average molecular weight is 564 g/mol. The molecule has 4 aromatic rings. The van der Waals surface area contributed by atoms with Crippen molar-refractivity contribution in [1.29, 1.82) is 0 Å². The molecule has 0 saturated heterocycles. The molecule has 1 N–H and O–H groups in total. The number of nitrogens with zero attached hydrogens (tertiary/aromatic N) is 6. The van der Waals surface area contributed by atoms with Crippen LogP contribution in [0, 0.1) is 0 Å². The second-order valence-electron chi connectivity index (χ2n) is 9.91. The first kappa shape index (κ1) is 28.9. The predicted octanol–water partition coefficient (Wildman–Crippen LogP) is 4.34. The molecule has 0 atom stereocenters. The summed E-state index contributed by atoms with van der Waals surface area (Å²) >= 11 is 0. The number of rotatable bonds is 12. The van der Waals surface area contributed by atoms with E-state index in [9.17, 15) is 8.42 Å². The maximum absolute atomic E-state index is 12.9. The van der Waals surface area contributed by atoms with Crippen molar-refractivity contribution in [2.75, 3.05) is 68.7 Å². The summed E-state index contributed by atoms with van der Waals surface area (Å²) < 4.78 is 34.9. The standard InChI is InChI=1S/C29H37N7O3S/c1-8-15-36(40(7,37)38)27-18-24(28(39-6)19-26(27)34(4)17-16-33(2)3)32-29-30-14-13-23(31-29)22-20-35(5)25-12-10-9-11-21(22)25/h8-14,18-20H,1,15-17H2,2-7H3,(H,30,31,32). The highest BCUT2D eigenvalue weighted by Gasteiger charge is 2.24. The van der Waals surface area contributed by atoms with Gasteiger partial charge in [-0.05, 0) is 32.3 Å². The third-order valence-electron chi connectivity index (χ3n) is 6.63. The predicted molar refractivity (Wildman–Crippen MR) is 164 cm³/mol. The van der Waals surface area contributed by atoms with Gasteiger partial charge in [-0.15, -0.1) is 6.58 Å². The van der Waals surface area contributed by atoms with Crippen molar-refractivity contribution in [3.63, 3.8) is 0 Å². The molecule has 0 amide bonds. The van der Waals surface area contributed by atoms with Crippen LogP contribution in [0.1, 0.15) is 0 Å².